The van der Waals surface area contributed by atoms with Crippen molar-refractivity contribution in [1.82, 2.24) is 14.7 Å². The Balaban J connectivity index is 3.11. The zero-order valence-electron chi connectivity index (χ0n) is 10.7. The number of hydrogen-bond donors (Lipinski definition) is 1. The van der Waals surface area contributed by atoms with Gasteiger partial charge in [0.05, 0.1) is 0 Å². The van der Waals surface area contributed by atoms with E-state index in [0.717, 1.165) is 9.58 Å². The van der Waals surface area contributed by atoms with Gasteiger partial charge in [-0.25, -0.2) is 9.48 Å². The van der Waals surface area contributed by atoms with Gasteiger partial charge in [0.25, 0.3) is 11.5 Å². The summed E-state index contributed by atoms with van der Waals surface area (Å²) in [4.78, 5) is 35.3. The molecule has 0 spiro atoms. The van der Waals surface area contributed by atoms with Crippen molar-refractivity contribution >= 4 is 11.9 Å². The first kappa shape index (κ1) is 13.9. The lowest BCUT2D eigenvalue weighted by atomic mass is 10.0. The van der Waals surface area contributed by atoms with Gasteiger partial charge in [-0.3, -0.25) is 9.59 Å². The third-order valence-corrected chi connectivity index (χ3v) is 2.85. The molecule has 0 aliphatic rings. The molecule has 7 nitrogen and oxygen atoms in total. The van der Waals surface area contributed by atoms with E-state index in [9.17, 15) is 14.4 Å². The molecule has 0 atom stereocenters. The molecule has 7 heteroatoms. The summed E-state index contributed by atoms with van der Waals surface area (Å²) in [7, 11) is 2.80. The molecular formula is C11H15N3O4. The number of hydrogen-bond acceptors (Lipinski definition) is 4. The molecule has 1 aromatic heterocycles. The fourth-order valence-electron chi connectivity index (χ4n) is 1.19. The molecule has 1 rings (SSSR count). The summed E-state index contributed by atoms with van der Waals surface area (Å²) in [6, 6.07) is 2.49. The highest BCUT2D eigenvalue weighted by Gasteiger charge is 2.36. The first-order valence-corrected chi connectivity index (χ1v) is 5.24. The Hall–Kier alpha value is -2.18. The maximum atomic E-state index is 12.0. The number of likely N-dealkylation sites (N-methyl/N-ethyl adjacent to an activating group) is 1. The zero-order chi connectivity index (χ0) is 14.1. The Kier molecular flexibility index (Phi) is 3.54. The van der Waals surface area contributed by atoms with Crippen molar-refractivity contribution in [2.45, 2.75) is 19.4 Å². The predicted molar refractivity (Wildman–Crippen MR) is 63.3 cm³/mol. The van der Waals surface area contributed by atoms with Crippen LogP contribution in [-0.4, -0.2) is 44.3 Å². The average Bonchev–Trinajstić information content (AvgIpc) is 2.30. The van der Waals surface area contributed by atoms with Gasteiger partial charge in [-0.15, -0.1) is 0 Å². The Morgan fingerprint density at radius 2 is 1.94 bits per heavy atom. The van der Waals surface area contributed by atoms with E-state index in [2.05, 4.69) is 5.10 Å². The molecule has 0 radical (unpaired) electrons. The zero-order valence-corrected chi connectivity index (χ0v) is 10.7. The van der Waals surface area contributed by atoms with E-state index in [0.29, 0.717) is 0 Å². The Morgan fingerprint density at radius 1 is 1.39 bits per heavy atom. The first-order chi connectivity index (χ1) is 8.17. The highest BCUT2D eigenvalue weighted by molar-refractivity contribution is 5.95. The van der Waals surface area contributed by atoms with E-state index >= 15 is 0 Å². The molecule has 1 N–H and O–H groups in total. The van der Waals surface area contributed by atoms with Gasteiger partial charge in [-0.1, -0.05) is 0 Å². The monoisotopic (exact) mass is 253 g/mol. The van der Waals surface area contributed by atoms with Gasteiger partial charge < -0.3 is 10.0 Å². The molecule has 0 bridgehead atoms. The van der Waals surface area contributed by atoms with Crippen molar-refractivity contribution in [2.75, 3.05) is 7.05 Å². The highest BCUT2D eigenvalue weighted by atomic mass is 16.4. The topological polar surface area (TPSA) is 92.5 Å². The molecule has 0 aromatic carbocycles. The number of rotatable bonds is 3. The van der Waals surface area contributed by atoms with Crippen LogP contribution in [0.15, 0.2) is 16.9 Å². The smallest absolute Gasteiger partial charge is 0.329 e. The van der Waals surface area contributed by atoms with Gasteiger partial charge in [0.15, 0.2) is 0 Å². The minimum Gasteiger partial charge on any atom is -0.480 e. The summed E-state index contributed by atoms with van der Waals surface area (Å²) in [5.41, 5.74) is -1.67. The number of aryl methyl sites for hydroxylation is 1. The molecule has 0 saturated carbocycles. The Bertz CT molecular complexity index is 547. The summed E-state index contributed by atoms with van der Waals surface area (Å²) in [5, 5.41) is 12.8. The largest absolute Gasteiger partial charge is 0.480 e. The van der Waals surface area contributed by atoms with Crippen molar-refractivity contribution in [3.05, 3.63) is 28.2 Å². The van der Waals surface area contributed by atoms with Crippen LogP contribution in [0.25, 0.3) is 0 Å². The second kappa shape index (κ2) is 4.59. The highest BCUT2D eigenvalue weighted by Crippen LogP contribution is 2.14. The van der Waals surface area contributed by atoms with Crippen molar-refractivity contribution in [2.24, 2.45) is 7.05 Å². The molecule has 0 aliphatic carbocycles. The lowest BCUT2D eigenvalue weighted by molar-refractivity contribution is -0.147. The molecule has 0 fully saturated rings. The maximum absolute atomic E-state index is 12.0. The number of carbonyl (C=O) groups is 2. The number of aromatic nitrogens is 2. The minimum atomic E-state index is -1.35. The predicted octanol–water partition coefficient (Wildman–Crippen LogP) is -0.284. The van der Waals surface area contributed by atoms with Crippen LogP contribution in [-0.2, 0) is 11.8 Å². The summed E-state index contributed by atoms with van der Waals surface area (Å²) < 4.78 is 1.02. The van der Waals surface area contributed by atoms with E-state index in [-0.39, 0.29) is 11.3 Å². The standard InChI is InChI=1S/C11H15N3O4/c1-11(2,10(17)18)13(3)9(16)7-5-6-8(15)14(4)12-7/h5-6H,1-4H3,(H,17,18). The van der Waals surface area contributed by atoms with Crippen LogP contribution in [0.3, 0.4) is 0 Å². The number of aliphatic carboxylic acids is 1. The third kappa shape index (κ3) is 2.39. The molecule has 98 valence electrons. The van der Waals surface area contributed by atoms with E-state index < -0.39 is 17.4 Å². The minimum absolute atomic E-state index is 0.0222. The van der Waals surface area contributed by atoms with Crippen LogP contribution < -0.4 is 5.56 Å². The van der Waals surface area contributed by atoms with Crippen LogP contribution in [0.5, 0.6) is 0 Å². The molecular weight excluding hydrogens is 238 g/mol. The maximum Gasteiger partial charge on any atom is 0.329 e. The van der Waals surface area contributed by atoms with Gasteiger partial charge in [-0.05, 0) is 19.9 Å². The molecule has 1 aromatic rings. The lowest BCUT2D eigenvalue weighted by Crippen LogP contribution is -2.51. The van der Waals surface area contributed by atoms with Crippen molar-refractivity contribution in [3.8, 4) is 0 Å². The van der Waals surface area contributed by atoms with Gasteiger partial charge in [0.2, 0.25) is 0 Å². The summed E-state index contributed by atoms with van der Waals surface area (Å²) in [6.07, 6.45) is 0. The fraction of sp³-hybridized carbons (Fsp3) is 0.455. The van der Waals surface area contributed by atoms with Gasteiger partial charge in [-0.2, -0.15) is 5.10 Å². The number of carboxylic acids is 1. The van der Waals surface area contributed by atoms with E-state index in [4.69, 9.17) is 5.11 Å². The van der Waals surface area contributed by atoms with Crippen LogP contribution >= 0.6 is 0 Å². The average molecular weight is 253 g/mol. The number of nitrogens with zero attached hydrogens (tertiary/aromatic N) is 3. The number of carboxylic acid groups (broad SMARTS) is 1. The second-order valence-corrected chi connectivity index (χ2v) is 4.41. The molecule has 0 unspecified atom stereocenters. The summed E-state index contributed by atoms with van der Waals surface area (Å²) in [6.45, 7) is 2.82. The molecule has 1 amide bonds. The Morgan fingerprint density at radius 3 is 2.39 bits per heavy atom. The van der Waals surface area contributed by atoms with Gasteiger partial charge >= 0.3 is 5.97 Å². The van der Waals surface area contributed by atoms with Gasteiger partial charge in [0, 0.05) is 20.2 Å². The summed E-state index contributed by atoms with van der Waals surface area (Å²) in [5.74, 6) is -1.68. The van der Waals surface area contributed by atoms with Crippen molar-refractivity contribution in [3.63, 3.8) is 0 Å². The fourth-order valence-corrected chi connectivity index (χ4v) is 1.19. The van der Waals surface area contributed by atoms with E-state index in [1.54, 1.807) is 0 Å². The quantitative estimate of drug-likeness (QED) is 0.799. The molecule has 0 aliphatic heterocycles. The number of amides is 1. The molecule has 18 heavy (non-hydrogen) atoms. The SMILES string of the molecule is CN(C(=O)c1ccc(=O)n(C)n1)C(C)(C)C(=O)O. The van der Waals surface area contributed by atoms with Crippen LogP contribution in [0.2, 0.25) is 0 Å². The van der Waals surface area contributed by atoms with Gasteiger partial charge in [0.1, 0.15) is 11.2 Å². The Labute approximate surface area is 104 Å². The normalized spacial score (nSPS) is 11.1. The van der Waals surface area contributed by atoms with E-state index in [1.807, 2.05) is 0 Å². The lowest BCUT2D eigenvalue weighted by Gasteiger charge is -2.31. The molecule has 0 saturated heterocycles. The van der Waals surface area contributed by atoms with Crippen LogP contribution in [0, 0.1) is 0 Å². The number of carbonyl (C=O) groups excluding carboxylic acids is 1. The van der Waals surface area contributed by atoms with Crippen molar-refractivity contribution < 1.29 is 14.7 Å². The van der Waals surface area contributed by atoms with Crippen molar-refractivity contribution in [1.29, 1.82) is 0 Å². The van der Waals surface area contributed by atoms with Crippen LogP contribution in [0.4, 0.5) is 0 Å². The van der Waals surface area contributed by atoms with Crippen LogP contribution in [0.1, 0.15) is 24.3 Å². The molecule has 1 heterocycles. The summed E-state index contributed by atoms with van der Waals surface area (Å²) >= 11 is 0. The first-order valence-electron chi connectivity index (χ1n) is 5.24. The van der Waals surface area contributed by atoms with E-state index in [1.165, 1.54) is 40.1 Å². The second-order valence-electron chi connectivity index (χ2n) is 4.41. The third-order valence-electron chi connectivity index (χ3n) is 2.85.